The highest BCUT2D eigenvalue weighted by Crippen LogP contribution is 2.21. The Morgan fingerprint density at radius 1 is 1.12 bits per heavy atom. The number of likely N-dealkylation sites (N-methyl/N-ethyl adjacent to an activating group) is 1. The Morgan fingerprint density at radius 2 is 1.76 bits per heavy atom. The van der Waals surface area contributed by atoms with Gasteiger partial charge < -0.3 is 5.32 Å². The lowest BCUT2D eigenvalue weighted by Gasteiger charge is -2.23. The Balaban J connectivity index is 2.86. The van der Waals surface area contributed by atoms with Gasteiger partial charge in [-0.15, -0.1) is 0 Å². The van der Waals surface area contributed by atoms with Crippen molar-refractivity contribution >= 4 is 0 Å². The standard InChI is InChI=1S/C14H25N3/c1-6-12(15-7-2)11(5)14-8-13(10(3)4)16-9-17-14/h8-12,15H,6-7H2,1-5H3. The van der Waals surface area contributed by atoms with Gasteiger partial charge in [-0.05, 0) is 24.9 Å². The molecule has 2 unspecified atom stereocenters. The van der Waals surface area contributed by atoms with Crippen molar-refractivity contribution in [2.24, 2.45) is 0 Å². The number of nitrogens with zero attached hydrogens (tertiary/aromatic N) is 2. The van der Waals surface area contributed by atoms with Crippen LogP contribution in [0.5, 0.6) is 0 Å². The molecule has 0 amide bonds. The lowest BCUT2D eigenvalue weighted by molar-refractivity contribution is 0.441. The van der Waals surface area contributed by atoms with E-state index in [0.29, 0.717) is 17.9 Å². The molecule has 1 aromatic rings. The fraction of sp³-hybridized carbons (Fsp3) is 0.714. The molecule has 1 rings (SSSR count). The molecule has 0 aliphatic carbocycles. The first-order chi connectivity index (χ1) is 8.10. The average molecular weight is 235 g/mol. The number of hydrogen-bond acceptors (Lipinski definition) is 3. The van der Waals surface area contributed by atoms with Gasteiger partial charge >= 0.3 is 0 Å². The predicted octanol–water partition coefficient (Wildman–Crippen LogP) is 3.09. The zero-order chi connectivity index (χ0) is 12.8. The summed E-state index contributed by atoms with van der Waals surface area (Å²) >= 11 is 0. The van der Waals surface area contributed by atoms with Crippen LogP contribution in [0, 0.1) is 0 Å². The van der Waals surface area contributed by atoms with Crippen LogP contribution in [0.4, 0.5) is 0 Å². The minimum absolute atomic E-state index is 0.431. The van der Waals surface area contributed by atoms with Crippen molar-refractivity contribution in [3.63, 3.8) is 0 Å². The van der Waals surface area contributed by atoms with Crippen molar-refractivity contribution in [3.8, 4) is 0 Å². The largest absolute Gasteiger partial charge is 0.314 e. The van der Waals surface area contributed by atoms with E-state index in [1.807, 2.05) is 0 Å². The molecular weight excluding hydrogens is 210 g/mol. The molecule has 1 N–H and O–H groups in total. The molecule has 2 atom stereocenters. The highest BCUT2D eigenvalue weighted by Gasteiger charge is 2.18. The summed E-state index contributed by atoms with van der Waals surface area (Å²) in [5, 5.41) is 3.52. The van der Waals surface area contributed by atoms with Crippen LogP contribution in [0.15, 0.2) is 12.4 Å². The fourth-order valence-electron chi connectivity index (χ4n) is 2.10. The smallest absolute Gasteiger partial charge is 0.115 e. The van der Waals surface area contributed by atoms with E-state index in [9.17, 15) is 0 Å². The first kappa shape index (κ1) is 14.1. The molecule has 0 fully saturated rings. The molecule has 3 nitrogen and oxygen atoms in total. The molecular formula is C14H25N3. The van der Waals surface area contributed by atoms with E-state index >= 15 is 0 Å². The molecule has 1 aromatic heterocycles. The summed E-state index contributed by atoms with van der Waals surface area (Å²) in [6.45, 7) is 11.9. The summed E-state index contributed by atoms with van der Waals surface area (Å²) in [5.74, 6) is 0.892. The second-order valence-electron chi connectivity index (χ2n) is 4.88. The highest BCUT2D eigenvalue weighted by molar-refractivity contribution is 5.16. The van der Waals surface area contributed by atoms with E-state index in [1.165, 1.54) is 0 Å². The van der Waals surface area contributed by atoms with Crippen molar-refractivity contribution < 1.29 is 0 Å². The second-order valence-corrected chi connectivity index (χ2v) is 4.88. The number of hydrogen-bond donors (Lipinski definition) is 1. The Hall–Kier alpha value is -0.960. The van der Waals surface area contributed by atoms with Crippen molar-refractivity contribution in [2.75, 3.05) is 6.54 Å². The van der Waals surface area contributed by atoms with Gasteiger partial charge in [0.1, 0.15) is 6.33 Å². The van der Waals surface area contributed by atoms with Gasteiger partial charge in [0.05, 0.1) is 0 Å². The maximum atomic E-state index is 4.42. The van der Waals surface area contributed by atoms with Crippen LogP contribution in [0.25, 0.3) is 0 Å². The third-order valence-corrected chi connectivity index (χ3v) is 3.28. The van der Waals surface area contributed by atoms with Gasteiger partial charge in [0.25, 0.3) is 0 Å². The average Bonchev–Trinajstić information content (AvgIpc) is 2.35. The molecule has 0 aliphatic heterocycles. The Labute approximate surface area is 105 Å². The minimum Gasteiger partial charge on any atom is -0.314 e. The lowest BCUT2D eigenvalue weighted by atomic mass is 9.94. The first-order valence-corrected chi connectivity index (χ1v) is 6.65. The zero-order valence-corrected chi connectivity index (χ0v) is 11.7. The molecule has 0 aliphatic rings. The molecule has 0 saturated heterocycles. The van der Waals surface area contributed by atoms with Crippen LogP contribution in [0.1, 0.15) is 64.3 Å². The Bertz CT molecular complexity index is 336. The molecule has 0 saturated carbocycles. The van der Waals surface area contributed by atoms with Crippen molar-refractivity contribution in [2.45, 2.75) is 58.9 Å². The third kappa shape index (κ3) is 3.77. The van der Waals surface area contributed by atoms with Gasteiger partial charge in [0.2, 0.25) is 0 Å². The van der Waals surface area contributed by atoms with E-state index in [2.05, 4.69) is 56.0 Å². The molecule has 96 valence electrons. The Morgan fingerprint density at radius 3 is 2.29 bits per heavy atom. The minimum atomic E-state index is 0.431. The molecule has 1 heterocycles. The zero-order valence-electron chi connectivity index (χ0n) is 11.7. The molecule has 0 aromatic carbocycles. The van der Waals surface area contributed by atoms with E-state index in [-0.39, 0.29) is 0 Å². The van der Waals surface area contributed by atoms with Crippen LogP contribution < -0.4 is 5.32 Å². The van der Waals surface area contributed by atoms with Gasteiger partial charge in [-0.25, -0.2) is 9.97 Å². The first-order valence-electron chi connectivity index (χ1n) is 6.65. The summed E-state index contributed by atoms with van der Waals surface area (Å²) in [5.41, 5.74) is 2.28. The summed E-state index contributed by atoms with van der Waals surface area (Å²) in [6.07, 6.45) is 2.82. The predicted molar refractivity (Wildman–Crippen MR) is 72.3 cm³/mol. The van der Waals surface area contributed by atoms with Crippen molar-refractivity contribution in [1.29, 1.82) is 0 Å². The van der Waals surface area contributed by atoms with Crippen LogP contribution >= 0.6 is 0 Å². The number of rotatable bonds is 6. The monoisotopic (exact) mass is 235 g/mol. The topological polar surface area (TPSA) is 37.8 Å². The summed E-state index contributed by atoms with van der Waals surface area (Å²) in [4.78, 5) is 8.74. The molecule has 0 radical (unpaired) electrons. The molecule has 0 spiro atoms. The third-order valence-electron chi connectivity index (χ3n) is 3.28. The normalized spacial score (nSPS) is 14.9. The molecule has 17 heavy (non-hydrogen) atoms. The maximum Gasteiger partial charge on any atom is 0.115 e. The van der Waals surface area contributed by atoms with Gasteiger partial charge in [0, 0.05) is 23.3 Å². The van der Waals surface area contributed by atoms with E-state index in [1.54, 1.807) is 6.33 Å². The van der Waals surface area contributed by atoms with Crippen LogP contribution in [0.3, 0.4) is 0 Å². The quantitative estimate of drug-likeness (QED) is 0.823. The van der Waals surface area contributed by atoms with Crippen molar-refractivity contribution in [1.82, 2.24) is 15.3 Å². The second kappa shape index (κ2) is 6.70. The molecule has 0 bridgehead atoms. The summed E-state index contributed by atoms with van der Waals surface area (Å²) < 4.78 is 0. The van der Waals surface area contributed by atoms with Crippen LogP contribution in [-0.2, 0) is 0 Å². The summed E-state index contributed by atoms with van der Waals surface area (Å²) in [6, 6.07) is 2.64. The Kier molecular flexibility index (Phi) is 5.56. The SMILES string of the molecule is CCNC(CC)C(C)c1cc(C(C)C)ncn1. The molecule has 3 heteroatoms. The van der Waals surface area contributed by atoms with Gasteiger partial charge in [-0.1, -0.05) is 34.6 Å². The highest BCUT2D eigenvalue weighted by atomic mass is 14.9. The number of aromatic nitrogens is 2. The van der Waals surface area contributed by atoms with Gasteiger partial charge in [-0.3, -0.25) is 0 Å². The number of nitrogens with one attached hydrogen (secondary N) is 1. The maximum absolute atomic E-state index is 4.42. The lowest BCUT2D eigenvalue weighted by Crippen LogP contribution is -2.33. The van der Waals surface area contributed by atoms with E-state index in [0.717, 1.165) is 24.4 Å². The van der Waals surface area contributed by atoms with Crippen molar-refractivity contribution in [3.05, 3.63) is 23.8 Å². The van der Waals surface area contributed by atoms with Gasteiger partial charge in [0.15, 0.2) is 0 Å². The van der Waals surface area contributed by atoms with Crippen LogP contribution in [-0.4, -0.2) is 22.6 Å². The van der Waals surface area contributed by atoms with E-state index < -0.39 is 0 Å². The van der Waals surface area contributed by atoms with Crippen LogP contribution in [0.2, 0.25) is 0 Å². The van der Waals surface area contributed by atoms with Gasteiger partial charge in [-0.2, -0.15) is 0 Å². The fourth-order valence-corrected chi connectivity index (χ4v) is 2.10. The van der Waals surface area contributed by atoms with E-state index in [4.69, 9.17) is 0 Å². The summed E-state index contributed by atoms with van der Waals surface area (Å²) in [7, 11) is 0.